The summed E-state index contributed by atoms with van der Waals surface area (Å²) in [6, 6.07) is 0. The third-order valence-electron chi connectivity index (χ3n) is 3.73. The van der Waals surface area contributed by atoms with E-state index in [1.807, 2.05) is 11.8 Å². The van der Waals surface area contributed by atoms with Crippen molar-refractivity contribution in [2.24, 2.45) is 10.9 Å². The summed E-state index contributed by atoms with van der Waals surface area (Å²) in [6.07, 6.45) is 3.54. The van der Waals surface area contributed by atoms with E-state index in [0.717, 1.165) is 24.9 Å². The van der Waals surface area contributed by atoms with Gasteiger partial charge in [0.25, 0.3) is 0 Å². The van der Waals surface area contributed by atoms with Crippen LogP contribution in [0.1, 0.15) is 33.1 Å². The standard InChI is InChI=1S/C12H22N2OS/c1-3-12(4-2)9-16-11(14-12)13-7-10-5-6-15-8-10/h10H,3-9H2,1-2H3,(H,13,14). The van der Waals surface area contributed by atoms with E-state index >= 15 is 0 Å². The topological polar surface area (TPSA) is 33.6 Å². The Hall–Kier alpha value is -0.220. The van der Waals surface area contributed by atoms with Crippen molar-refractivity contribution < 1.29 is 4.74 Å². The van der Waals surface area contributed by atoms with E-state index < -0.39 is 0 Å². The Morgan fingerprint density at radius 1 is 1.50 bits per heavy atom. The number of rotatable bonds is 4. The second-order valence-corrected chi connectivity index (χ2v) is 5.74. The van der Waals surface area contributed by atoms with E-state index in [4.69, 9.17) is 4.74 Å². The van der Waals surface area contributed by atoms with Gasteiger partial charge >= 0.3 is 0 Å². The van der Waals surface area contributed by atoms with Crippen LogP contribution in [-0.4, -0.2) is 36.2 Å². The van der Waals surface area contributed by atoms with E-state index in [0.29, 0.717) is 11.5 Å². The number of ether oxygens (including phenoxy) is 1. The minimum atomic E-state index is 0.301. The summed E-state index contributed by atoms with van der Waals surface area (Å²) in [6.45, 7) is 7.26. The van der Waals surface area contributed by atoms with Crippen molar-refractivity contribution in [1.29, 1.82) is 0 Å². The van der Waals surface area contributed by atoms with Gasteiger partial charge in [0, 0.05) is 30.4 Å². The number of aliphatic imine (C=N–C) groups is 1. The average molecular weight is 242 g/mol. The van der Waals surface area contributed by atoms with E-state index in [1.165, 1.54) is 25.0 Å². The molecule has 1 atom stereocenters. The maximum absolute atomic E-state index is 5.36. The molecule has 2 heterocycles. The first-order valence-electron chi connectivity index (χ1n) is 6.31. The van der Waals surface area contributed by atoms with Crippen LogP contribution in [0.2, 0.25) is 0 Å². The predicted molar refractivity (Wildman–Crippen MR) is 70.1 cm³/mol. The normalized spacial score (nSPS) is 30.9. The van der Waals surface area contributed by atoms with Crippen LogP contribution in [0.4, 0.5) is 0 Å². The Morgan fingerprint density at radius 3 is 2.88 bits per heavy atom. The van der Waals surface area contributed by atoms with Gasteiger partial charge in [-0.05, 0) is 19.3 Å². The van der Waals surface area contributed by atoms with Crippen LogP contribution in [0.5, 0.6) is 0 Å². The van der Waals surface area contributed by atoms with Gasteiger partial charge in [-0.3, -0.25) is 4.99 Å². The molecule has 0 bridgehead atoms. The lowest BCUT2D eigenvalue weighted by Crippen LogP contribution is -2.42. The maximum Gasteiger partial charge on any atom is 0.157 e. The van der Waals surface area contributed by atoms with Gasteiger partial charge in [0.2, 0.25) is 0 Å². The summed E-state index contributed by atoms with van der Waals surface area (Å²) in [7, 11) is 0. The van der Waals surface area contributed by atoms with Gasteiger partial charge in [0.1, 0.15) is 0 Å². The fourth-order valence-electron chi connectivity index (χ4n) is 2.16. The molecule has 2 saturated heterocycles. The zero-order chi connectivity index (χ0) is 11.4. The first-order chi connectivity index (χ1) is 7.78. The Labute approximate surface area is 102 Å². The van der Waals surface area contributed by atoms with Crippen molar-refractivity contribution in [3.05, 3.63) is 0 Å². The van der Waals surface area contributed by atoms with Gasteiger partial charge in [-0.25, -0.2) is 0 Å². The Bertz CT molecular complexity index is 258. The summed E-state index contributed by atoms with van der Waals surface area (Å²) >= 11 is 1.88. The monoisotopic (exact) mass is 242 g/mol. The molecule has 2 rings (SSSR count). The predicted octanol–water partition coefficient (Wildman–Crippen LogP) is 2.27. The highest BCUT2D eigenvalue weighted by Gasteiger charge is 2.33. The van der Waals surface area contributed by atoms with E-state index in [2.05, 4.69) is 24.2 Å². The molecule has 3 nitrogen and oxygen atoms in total. The van der Waals surface area contributed by atoms with Gasteiger partial charge in [-0.1, -0.05) is 25.6 Å². The number of nitrogens with one attached hydrogen (secondary N) is 1. The van der Waals surface area contributed by atoms with Gasteiger partial charge in [-0.15, -0.1) is 0 Å². The minimum Gasteiger partial charge on any atom is -0.381 e. The molecule has 0 spiro atoms. The van der Waals surface area contributed by atoms with Crippen molar-refractivity contribution in [3.8, 4) is 0 Å². The molecule has 16 heavy (non-hydrogen) atoms. The van der Waals surface area contributed by atoms with Crippen molar-refractivity contribution >= 4 is 16.9 Å². The lowest BCUT2D eigenvalue weighted by molar-refractivity contribution is 0.187. The van der Waals surface area contributed by atoms with Crippen LogP contribution in [0.15, 0.2) is 4.99 Å². The molecule has 2 aliphatic rings. The molecule has 4 heteroatoms. The zero-order valence-corrected chi connectivity index (χ0v) is 11.1. The molecule has 0 aliphatic carbocycles. The van der Waals surface area contributed by atoms with E-state index in [-0.39, 0.29) is 0 Å². The quantitative estimate of drug-likeness (QED) is 0.821. The Kier molecular flexibility index (Phi) is 4.14. The van der Waals surface area contributed by atoms with Crippen LogP contribution in [0, 0.1) is 5.92 Å². The Balaban J connectivity index is 1.84. The Morgan fingerprint density at radius 2 is 2.31 bits per heavy atom. The highest BCUT2D eigenvalue weighted by Crippen LogP contribution is 2.29. The molecule has 0 saturated carbocycles. The van der Waals surface area contributed by atoms with Crippen LogP contribution >= 0.6 is 11.8 Å². The summed E-state index contributed by atoms with van der Waals surface area (Å²) in [5, 5.41) is 4.75. The van der Waals surface area contributed by atoms with Crippen LogP contribution < -0.4 is 5.32 Å². The average Bonchev–Trinajstić information content (AvgIpc) is 2.96. The number of nitrogens with zero attached hydrogens (tertiary/aromatic N) is 1. The van der Waals surface area contributed by atoms with E-state index in [9.17, 15) is 0 Å². The molecular weight excluding hydrogens is 220 g/mol. The third-order valence-corrected chi connectivity index (χ3v) is 4.93. The summed E-state index contributed by atoms with van der Waals surface area (Å²) in [5.41, 5.74) is 0.301. The molecule has 0 aromatic rings. The summed E-state index contributed by atoms with van der Waals surface area (Å²) < 4.78 is 5.36. The SMILES string of the molecule is CCC1(CC)CSC(=NCC2CCOC2)N1. The molecule has 0 amide bonds. The number of hydrogen-bond acceptors (Lipinski definition) is 3. The van der Waals surface area contributed by atoms with E-state index in [1.54, 1.807) is 0 Å². The lowest BCUT2D eigenvalue weighted by Gasteiger charge is -2.25. The summed E-state index contributed by atoms with van der Waals surface area (Å²) in [5.74, 6) is 1.81. The lowest BCUT2D eigenvalue weighted by atomic mass is 9.96. The van der Waals surface area contributed by atoms with Gasteiger partial charge in [0.15, 0.2) is 5.17 Å². The second-order valence-electron chi connectivity index (χ2n) is 4.78. The number of thioether (sulfide) groups is 1. The van der Waals surface area contributed by atoms with Gasteiger partial charge < -0.3 is 10.1 Å². The highest BCUT2D eigenvalue weighted by atomic mass is 32.2. The molecule has 2 aliphatic heterocycles. The molecule has 92 valence electrons. The zero-order valence-electron chi connectivity index (χ0n) is 10.3. The molecule has 1 N–H and O–H groups in total. The fraction of sp³-hybridized carbons (Fsp3) is 0.917. The fourth-order valence-corrected chi connectivity index (χ4v) is 3.51. The van der Waals surface area contributed by atoms with Gasteiger partial charge in [-0.2, -0.15) is 0 Å². The first-order valence-corrected chi connectivity index (χ1v) is 7.30. The van der Waals surface area contributed by atoms with Crippen molar-refractivity contribution in [1.82, 2.24) is 5.32 Å². The smallest absolute Gasteiger partial charge is 0.157 e. The largest absolute Gasteiger partial charge is 0.381 e. The molecule has 0 aromatic heterocycles. The number of amidine groups is 1. The molecule has 2 fully saturated rings. The van der Waals surface area contributed by atoms with Crippen molar-refractivity contribution in [3.63, 3.8) is 0 Å². The maximum atomic E-state index is 5.36. The highest BCUT2D eigenvalue weighted by molar-refractivity contribution is 8.14. The summed E-state index contributed by atoms with van der Waals surface area (Å²) in [4.78, 5) is 4.68. The second kappa shape index (κ2) is 5.41. The minimum absolute atomic E-state index is 0.301. The third kappa shape index (κ3) is 2.72. The molecule has 0 aromatic carbocycles. The van der Waals surface area contributed by atoms with Crippen molar-refractivity contribution in [2.75, 3.05) is 25.5 Å². The van der Waals surface area contributed by atoms with Gasteiger partial charge in [0.05, 0.1) is 6.61 Å². The molecule has 0 radical (unpaired) electrons. The number of hydrogen-bond donors (Lipinski definition) is 1. The molecule has 1 unspecified atom stereocenters. The van der Waals surface area contributed by atoms with Crippen LogP contribution in [-0.2, 0) is 4.74 Å². The van der Waals surface area contributed by atoms with Crippen molar-refractivity contribution in [2.45, 2.75) is 38.6 Å². The first kappa shape index (κ1) is 12.2. The molecular formula is C12H22N2OS. The van der Waals surface area contributed by atoms with Crippen LogP contribution in [0.25, 0.3) is 0 Å². The van der Waals surface area contributed by atoms with Crippen LogP contribution in [0.3, 0.4) is 0 Å².